The lowest BCUT2D eigenvalue weighted by Gasteiger charge is -2.25. The standard InChI is InChI=1S/C20H21ClN2O3/c1-2-5-17(19(25)12-6-3-7-13(21)10-12)23-20(26)14-8-4-9-16-15(14)11-18(24)22-16/h3-4,6-10,17,19,25H,2,5,11H2,1H3,(H,22,24)(H,23,26)/t17-,19+/m1/s1. The van der Waals surface area contributed by atoms with E-state index in [4.69, 9.17) is 11.6 Å². The van der Waals surface area contributed by atoms with Crippen molar-refractivity contribution >= 4 is 29.1 Å². The Morgan fingerprint density at radius 2 is 2.08 bits per heavy atom. The SMILES string of the molecule is CCC[C@@H](NC(=O)c1cccc2c1CC(=O)N2)[C@@H](O)c1cccc(Cl)c1. The van der Waals surface area contributed by atoms with E-state index < -0.39 is 12.1 Å². The van der Waals surface area contributed by atoms with E-state index in [0.717, 1.165) is 6.42 Å². The Balaban J connectivity index is 1.82. The zero-order valence-corrected chi connectivity index (χ0v) is 15.2. The summed E-state index contributed by atoms with van der Waals surface area (Å²) < 4.78 is 0. The molecule has 2 aromatic rings. The molecule has 0 saturated heterocycles. The highest BCUT2D eigenvalue weighted by Crippen LogP contribution is 2.27. The number of halogens is 1. The molecule has 5 nitrogen and oxygen atoms in total. The van der Waals surface area contributed by atoms with Gasteiger partial charge in [-0.15, -0.1) is 0 Å². The topological polar surface area (TPSA) is 78.4 Å². The molecule has 0 saturated carbocycles. The van der Waals surface area contributed by atoms with Gasteiger partial charge in [-0.3, -0.25) is 9.59 Å². The maximum atomic E-state index is 12.8. The molecule has 0 aromatic heterocycles. The van der Waals surface area contributed by atoms with Crippen LogP contribution in [0.4, 0.5) is 5.69 Å². The van der Waals surface area contributed by atoms with Crippen molar-refractivity contribution in [2.45, 2.75) is 38.3 Å². The largest absolute Gasteiger partial charge is 0.386 e. The second kappa shape index (κ2) is 7.89. The lowest BCUT2D eigenvalue weighted by atomic mass is 9.97. The number of rotatable bonds is 6. The summed E-state index contributed by atoms with van der Waals surface area (Å²) in [5.74, 6) is -0.415. The Morgan fingerprint density at radius 1 is 1.31 bits per heavy atom. The van der Waals surface area contributed by atoms with Crippen LogP contribution in [0.5, 0.6) is 0 Å². The van der Waals surface area contributed by atoms with Gasteiger partial charge in [0.15, 0.2) is 0 Å². The van der Waals surface area contributed by atoms with Crippen LogP contribution >= 0.6 is 11.6 Å². The third-order valence-corrected chi connectivity index (χ3v) is 4.75. The molecule has 0 aliphatic carbocycles. The van der Waals surface area contributed by atoms with Crippen LogP contribution in [0.1, 0.15) is 47.4 Å². The summed E-state index contributed by atoms with van der Waals surface area (Å²) in [4.78, 5) is 24.4. The summed E-state index contributed by atoms with van der Waals surface area (Å²) in [6, 6.07) is 11.8. The molecule has 0 radical (unpaired) electrons. The van der Waals surface area contributed by atoms with Gasteiger partial charge in [0.2, 0.25) is 5.91 Å². The number of benzene rings is 2. The fraction of sp³-hybridized carbons (Fsp3) is 0.300. The summed E-state index contributed by atoms with van der Waals surface area (Å²) in [7, 11) is 0. The van der Waals surface area contributed by atoms with E-state index in [1.54, 1.807) is 42.5 Å². The molecule has 3 N–H and O–H groups in total. The average Bonchev–Trinajstić information content (AvgIpc) is 3.00. The maximum absolute atomic E-state index is 12.8. The number of hydrogen-bond acceptors (Lipinski definition) is 3. The second-order valence-electron chi connectivity index (χ2n) is 6.43. The fourth-order valence-electron chi connectivity index (χ4n) is 3.25. The first-order chi connectivity index (χ1) is 12.5. The molecular weight excluding hydrogens is 352 g/mol. The summed E-state index contributed by atoms with van der Waals surface area (Å²) in [5.41, 5.74) is 2.49. The minimum atomic E-state index is -0.867. The number of hydrogen-bond donors (Lipinski definition) is 3. The molecule has 2 amide bonds. The predicted molar refractivity (Wildman–Crippen MR) is 101 cm³/mol. The quantitative estimate of drug-likeness (QED) is 0.726. The van der Waals surface area contributed by atoms with Crippen molar-refractivity contribution in [3.8, 4) is 0 Å². The van der Waals surface area contributed by atoms with Crippen LogP contribution in [0.15, 0.2) is 42.5 Å². The highest BCUT2D eigenvalue weighted by molar-refractivity contribution is 6.30. The zero-order valence-electron chi connectivity index (χ0n) is 14.5. The van der Waals surface area contributed by atoms with Crippen LogP contribution in [0.2, 0.25) is 5.02 Å². The van der Waals surface area contributed by atoms with Gasteiger partial charge in [0.1, 0.15) is 0 Å². The molecule has 3 rings (SSSR count). The van der Waals surface area contributed by atoms with Crippen molar-refractivity contribution in [2.75, 3.05) is 5.32 Å². The van der Waals surface area contributed by atoms with E-state index in [1.165, 1.54) is 0 Å². The van der Waals surface area contributed by atoms with E-state index in [-0.39, 0.29) is 18.2 Å². The van der Waals surface area contributed by atoms with Gasteiger partial charge >= 0.3 is 0 Å². The average molecular weight is 373 g/mol. The van der Waals surface area contributed by atoms with E-state index in [2.05, 4.69) is 10.6 Å². The Kier molecular flexibility index (Phi) is 5.59. The van der Waals surface area contributed by atoms with E-state index in [0.29, 0.717) is 33.8 Å². The molecule has 6 heteroatoms. The predicted octanol–water partition coefficient (Wildman–Crippen LogP) is 3.47. The number of aliphatic hydroxyl groups excluding tert-OH is 1. The fourth-order valence-corrected chi connectivity index (χ4v) is 3.45. The van der Waals surface area contributed by atoms with Crippen LogP contribution in [-0.2, 0) is 11.2 Å². The number of amides is 2. The molecule has 1 heterocycles. The molecule has 2 atom stereocenters. The van der Waals surface area contributed by atoms with E-state index >= 15 is 0 Å². The third-order valence-electron chi connectivity index (χ3n) is 4.52. The van der Waals surface area contributed by atoms with Crippen molar-refractivity contribution in [1.29, 1.82) is 0 Å². The van der Waals surface area contributed by atoms with Crippen LogP contribution < -0.4 is 10.6 Å². The second-order valence-corrected chi connectivity index (χ2v) is 6.86. The number of fused-ring (bicyclic) bond motifs is 1. The van der Waals surface area contributed by atoms with Gasteiger partial charge in [-0.05, 0) is 41.8 Å². The van der Waals surface area contributed by atoms with E-state index in [9.17, 15) is 14.7 Å². The first-order valence-corrected chi connectivity index (χ1v) is 9.03. The molecule has 26 heavy (non-hydrogen) atoms. The summed E-state index contributed by atoms with van der Waals surface area (Å²) in [6.07, 6.45) is 0.740. The van der Waals surface area contributed by atoms with Crippen molar-refractivity contribution in [3.05, 3.63) is 64.2 Å². The number of aliphatic hydroxyl groups is 1. The number of carbonyl (C=O) groups excluding carboxylic acids is 2. The van der Waals surface area contributed by atoms with Gasteiger partial charge in [-0.2, -0.15) is 0 Å². The highest BCUT2D eigenvalue weighted by Gasteiger charge is 2.27. The Bertz CT molecular complexity index is 838. The lowest BCUT2D eigenvalue weighted by Crippen LogP contribution is -2.39. The molecule has 136 valence electrons. The van der Waals surface area contributed by atoms with Gasteiger partial charge in [0.25, 0.3) is 5.91 Å². The Hall–Kier alpha value is -2.37. The molecule has 1 aliphatic heterocycles. The monoisotopic (exact) mass is 372 g/mol. The van der Waals surface area contributed by atoms with Gasteiger partial charge in [-0.1, -0.05) is 43.1 Å². The zero-order chi connectivity index (χ0) is 18.7. The van der Waals surface area contributed by atoms with Gasteiger partial charge < -0.3 is 15.7 Å². The smallest absolute Gasteiger partial charge is 0.251 e. The third kappa shape index (κ3) is 3.89. The van der Waals surface area contributed by atoms with Crippen molar-refractivity contribution in [2.24, 2.45) is 0 Å². The molecule has 0 bridgehead atoms. The summed E-state index contributed by atoms with van der Waals surface area (Å²) in [5, 5.41) is 16.9. The van der Waals surface area contributed by atoms with Gasteiger partial charge in [0.05, 0.1) is 18.6 Å². The normalized spacial score (nSPS) is 15.1. The van der Waals surface area contributed by atoms with Crippen molar-refractivity contribution in [1.82, 2.24) is 5.32 Å². The van der Waals surface area contributed by atoms with Gasteiger partial charge in [0, 0.05) is 16.3 Å². The van der Waals surface area contributed by atoms with Gasteiger partial charge in [-0.25, -0.2) is 0 Å². The molecule has 0 fully saturated rings. The van der Waals surface area contributed by atoms with Crippen LogP contribution in [0.3, 0.4) is 0 Å². The maximum Gasteiger partial charge on any atom is 0.251 e. The highest BCUT2D eigenvalue weighted by atomic mass is 35.5. The van der Waals surface area contributed by atoms with Crippen molar-refractivity contribution < 1.29 is 14.7 Å². The number of anilines is 1. The Morgan fingerprint density at radius 3 is 2.81 bits per heavy atom. The summed E-state index contributed by atoms with van der Waals surface area (Å²) in [6.45, 7) is 1.99. The molecule has 2 aromatic carbocycles. The first-order valence-electron chi connectivity index (χ1n) is 8.65. The molecule has 1 aliphatic rings. The van der Waals surface area contributed by atoms with Crippen LogP contribution in [0.25, 0.3) is 0 Å². The molecule has 0 unspecified atom stereocenters. The lowest BCUT2D eigenvalue weighted by molar-refractivity contribution is -0.115. The number of nitrogens with one attached hydrogen (secondary N) is 2. The Labute approximate surface area is 157 Å². The number of carbonyl (C=O) groups is 2. The van der Waals surface area contributed by atoms with Crippen molar-refractivity contribution in [3.63, 3.8) is 0 Å². The minimum absolute atomic E-state index is 0.121. The van der Waals surface area contributed by atoms with Crippen LogP contribution in [-0.4, -0.2) is 23.0 Å². The van der Waals surface area contributed by atoms with E-state index in [1.807, 2.05) is 6.92 Å². The summed E-state index contributed by atoms with van der Waals surface area (Å²) >= 11 is 6.01. The van der Waals surface area contributed by atoms with Crippen LogP contribution in [0, 0.1) is 0 Å². The minimum Gasteiger partial charge on any atom is -0.386 e. The molecule has 0 spiro atoms. The molecular formula is C20H21ClN2O3. The first kappa shape index (κ1) is 18.4.